The zero-order valence-corrected chi connectivity index (χ0v) is 19.5. The summed E-state index contributed by atoms with van der Waals surface area (Å²) >= 11 is 6.25. The van der Waals surface area contributed by atoms with Crippen molar-refractivity contribution in [3.63, 3.8) is 0 Å². The zero-order valence-electron chi connectivity index (χ0n) is 18.7. The van der Waals surface area contributed by atoms with Crippen LogP contribution in [0.5, 0.6) is 11.5 Å². The fraction of sp³-hybridized carbons (Fsp3) is 0.308. The lowest BCUT2D eigenvalue weighted by Gasteiger charge is -2.37. The van der Waals surface area contributed by atoms with Gasteiger partial charge in [0.1, 0.15) is 12.4 Å². The normalized spacial score (nSPS) is 18.2. The maximum Gasteiger partial charge on any atom is 0.161 e. The maximum absolute atomic E-state index is 13.0. The van der Waals surface area contributed by atoms with Crippen molar-refractivity contribution >= 4 is 17.4 Å². The van der Waals surface area contributed by atoms with Gasteiger partial charge in [0.15, 0.2) is 17.3 Å². The predicted molar refractivity (Wildman–Crippen MR) is 127 cm³/mol. The third kappa shape index (κ3) is 4.29. The maximum atomic E-state index is 13.0. The molecule has 0 amide bonds. The summed E-state index contributed by atoms with van der Waals surface area (Å²) in [6.45, 7) is 2.62. The molecule has 0 radical (unpaired) electrons. The minimum atomic E-state index is -0.522. The van der Waals surface area contributed by atoms with Crippen molar-refractivity contribution in [2.24, 2.45) is 5.73 Å². The predicted octanol–water partition coefficient (Wildman–Crippen LogP) is 5.05. The van der Waals surface area contributed by atoms with E-state index in [4.69, 9.17) is 26.8 Å². The highest BCUT2D eigenvalue weighted by molar-refractivity contribution is 6.31. The third-order valence-corrected chi connectivity index (χ3v) is 6.48. The second-order valence-electron chi connectivity index (χ2n) is 8.06. The number of hydrogen-bond acceptors (Lipinski definition) is 6. The van der Waals surface area contributed by atoms with E-state index in [2.05, 4.69) is 6.07 Å². The van der Waals surface area contributed by atoms with Crippen molar-refractivity contribution in [1.29, 1.82) is 5.26 Å². The molecule has 1 aliphatic heterocycles. The van der Waals surface area contributed by atoms with Gasteiger partial charge in [0.2, 0.25) is 0 Å². The van der Waals surface area contributed by atoms with Gasteiger partial charge in [-0.15, -0.1) is 0 Å². The summed E-state index contributed by atoms with van der Waals surface area (Å²) in [5, 5.41) is 10.6. The summed E-state index contributed by atoms with van der Waals surface area (Å²) < 4.78 is 11.9. The van der Waals surface area contributed by atoms with Gasteiger partial charge in [-0.05, 0) is 43.5 Å². The van der Waals surface area contributed by atoms with Crippen LogP contribution in [-0.4, -0.2) is 24.3 Å². The smallest absolute Gasteiger partial charge is 0.161 e. The molecular formula is C26H26ClN3O3. The third-order valence-electron chi connectivity index (χ3n) is 6.11. The second kappa shape index (κ2) is 9.60. The summed E-state index contributed by atoms with van der Waals surface area (Å²) in [5.41, 5.74) is 9.90. The fourth-order valence-electron chi connectivity index (χ4n) is 4.46. The van der Waals surface area contributed by atoms with Gasteiger partial charge in [-0.2, -0.15) is 5.26 Å². The Morgan fingerprint density at radius 1 is 1.18 bits per heavy atom. The lowest BCUT2D eigenvalue weighted by atomic mass is 9.76. The van der Waals surface area contributed by atoms with Crippen LogP contribution in [0, 0.1) is 11.3 Å². The van der Waals surface area contributed by atoms with Crippen molar-refractivity contribution in [2.75, 3.05) is 13.7 Å². The van der Waals surface area contributed by atoms with Crippen molar-refractivity contribution in [1.82, 2.24) is 4.90 Å². The molecule has 1 aliphatic carbocycles. The van der Waals surface area contributed by atoms with E-state index in [1.165, 1.54) is 0 Å². The van der Waals surface area contributed by atoms with E-state index >= 15 is 0 Å². The molecule has 7 heteroatoms. The molecule has 0 saturated heterocycles. The molecule has 4 rings (SSSR count). The highest BCUT2D eigenvalue weighted by atomic mass is 35.5. The van der Waals surface area contributed by atoms with Gasteiger partial charge in [0, 0.05) is 35.3 Å². The first-order valence-corrected chi connectivity index (χ1v) is 11.4. The van der Waals surface area contributed by atoms with Crippen LogP contribution in [-0.2, 0) is 11.4 Å². The van der Waals surface area contributed by atoms with Crippen LogP contribution >= 0.6 is 11.6 Å². The van der Waals surface area contributed by atoms with Gasteiger partial charge in [-0.3, -0.25) is 4.79 Å². The molecule has 33 heavy (non-hydrogen) atoms. The van der Waals surface area contributed by atoms with E-state index in [-0.39, 0.29) is 12.4 Å². The summed E-state index contributed by atoms with van der Waals surface area (Å²) in [5.74, 6) is 1.03. The SMILES string of the molecule is CCOc1cc([C@H]2C(C#N)=C(N)N(C)C3=C2C(=O)CCC3)ccc1OCc1ccccc1Cl. The van der Waals surface area contributed by atoms with Gasteiger partial charge in [0.05, 0.1) is 24.2 Å². The monoisotopic (exact) mass is 463 g/mol. The van der Waals surface area contributed by atoms with E-state index in [9.17, 15) is 10.1 Å². The van der Waals surface area contributed by atoms with Crippen LogP contribution in [0.15, 0.2) is 65.1 Å². The minimum Gasteiger partial charge on any atom is -0.490 e. The lowest BCUT2D eigenvalue weighted by molar-refractivity contribution is -0.116. The average molecular weight is 464 g/mol. The molecule has 2 aromatic rings. The zero-order chi connectivity index (χ0) is 23.5. The topological polar surface area (TPSA) is 88.6 Å². The summed E-state index contributed by atoms with van der Waals surface area (Å²) in [6.07, 6.45) is 2.01. The second-order valence-corrected chi connectivity index (χ2v) is 8.47. The number of ketones is 1. The minimum absolute atomic E-state index is 0.0605. The Bertz CT molecular complexity index is 1200. The largest absolute Gasteiger partial charge is 0.490 e. The van der Waals surface area contributed by atoms with E-state index in [1.54, 1.807) is 4.90 Å². The van der Waals surface area contributed by atoms with Gasteiger partial charge >= 0.3 is 0 Å². The Hall–Kier alpha value is -3.43. The van der Waals surface area contributed by atoms with Gasteiger partial charge in [0.25, 0.3) is 0 Å². The highest BCUT2D eigenvalue weighted by Crippen LogP contribution is 2.45. The van der Waals surface area contributed by atoms with Crippen LogP contribution in [0.4, 0.5) is 0 Å². The van der Waals surface area contributed by atoms with Crippen LogP contribution in [0.2, 0.25) is 5.02 Å². The van der Waals surface area contributed by atoms with Crippen LogP contribution in [0.1, 0.15) is 43.2 Å². The van der Waals surface area contributed by atoms with Gasteiger partial charge in [-0.1, -0.05) is 35.9 Å². The molecule has 6 nitrogen and oxygen atoms in total. The summed E-state index contributed by atoms with van der Waals surface area (Å²) in [7, 11) is 1.81. The Balaban J connectivity index is 1.74. The molecule has 0 saturated carbocycles. The Kier molecular flexibility index (Phi) is 6.62. The molecule has 0 fully saturated rings. The van der Waals surface area contributed by atoms with Crippen LogP contribution in [0.25, 0.3) is 0 Å². The lowest BCUT2D eigenvalue weighted by Crippen LogP contribution is -2.36. The number of nitrogens with zero attached hydrogens (tertiary/aromatic N) is 2. The number of hydrogen-bond donors (Lipinski definition) is 1. The van der Waals surface area contributed by atoms with Crippen LogP contribution < -0.4 is 15.2 Å². The molecule has 0 spiro atoms. The standard InChI is InChI=1S/C26H26ClN3O3/c1-3-32-23-13-16(11-12-22(23)33-15-17-7-4-5-8-19(17)27)24-18(14-28)26(29)30(2)20-9-6-10-21(31)25(20)24/h4-5,7-8,11-13,24H,3,6,9-10,15,29H2,1-2H3/t24-/m0/s1. The first-order chi connectivity index (χ1) is 16.0. The van der Waals surface area contributed by atoms with Gasteiger partial charge in [-0.25, -0.2) is 0 Å². The molecule has 0 unspecified atom stereocenters. The average Bonchev–Trinajstić information content (AvgIpc) is 2.82. The molecule has 170 valence electrons. The molecule has 2 aromatic carbocycles. The number of ether oxygens (including phenoxy) is 2. The van der Waals surface area contributed by atoms with Crippen molar-refractivity contribution in [2.45, 2.75) is 38.7 Å². The fourth-order valence-corrected chi connectivity index (χ4v) is 4.65. The number of Topliss-reactive ketones (excluding diaryl/α,β-unsaturated/α-hetero) is 1. The number of carbonyl (C=O) groups is 1. The molecule has 0 bridgehead atoms. The molecule has 1 heterocycles. The number of nitrogens with two attached hydrogens (primary N) is 1. The Morgan fingerprint density at radius 3 is 2.70 bits per heavy atom. The Morgan fingerprint density at radius 2 is 1.97 bits per heavy atom. The highest BCUT2D eigenvalue weighted by Gasteiger charge is 2.38. The van der Waals surface area contributed by atoms with Crippen LogP contribution in [0.3, 0.4) is 0 Å². The number of rotatable bonds is 6. The van der Waals surface area contributed by atoms with E-state index < -0.39 is 5.92 Å². The number of nitriles is 1. The summed E-state index contributed by atoms with van der Waals surface area (Å²) in [6, 6.07) is 15.3. The van der Waals surface area contributed by atoms with Crippen molar-refractivity contribution in [3.05, 3.63) is 81.3 Å². The number of allylic oxidation sites excluding steroid dienone is 3. The molecule has 2 N–H and O–H groups in total. The van der Waals surface area contributed by atoms with E-state index in [0.29, 0.717) is 46.5 Å². The first-order valence-electron chi connectivity index (χ1n) is 11.0. The molecular weight excluding hydrogens is 438 g/mol. The Labute approximate surface area is 198 Å². The number of benzene rings is 2. The molecule has 2 aliphatic rings. The molecule has 0 aromatic heterocycles. The summed E-state index contributed by atoms with van der Waals surface area (Å²) in [4.78, 5) is 14.8. The van der Waals surface area contributed by atoms with Crippen molar-refractivity contribution < 1.29 is 14.3 Å². The van der Waals surface area contributed by atoms with Crippen molar-refractivity contribution in [3.8, 4) is 17.6 Å². The quantitative estimate of drug-likeness (QED) is 0.645. The first kappa shape index (κ1) is 22.8. The number of carbonyl (C=O) groups excluding carboxylic acids is 1. The van der Waals surface area contributed by atoms with E-state index in [1.807, 2.05) is 56.4 Å². The number of halogens is 1. The van der Waals surface area contributed by atoms with E-state index in [0.717, 1.165) is 29.7 Å². The molecule has 1 atom stereocenters. The van der Waals surface area contributed by atoms with Gasteiger partial charge < -0.3 is 20.1 Å².